The number of carbonyl (C=O) groups is 1. The number of amides is 2. The molecule has 2 amide bonds. The van der Waals surface area contributed by atoms with Crippen molar-refractivity contribution in [2.45, 2.75) is 4.90 Å². The number of nitrogens with two attached hydrogens (primary N) is 2. The van der Waals surface area contributed by atoms with E-state index in [1.165, 1.54) is 6.07 Å². The van der Waals surface area contributed by atoms with Gasteiger partial charge in [-0.3, -0.25) is 0 Å². The van der Waals surface area contributed by atoms with Crippen molar-refractivity contribution in [3.05, 3.63) is 21.1 Å². The first-order valence-corrected chi connectivity index (χ1v) is 8.08. The number of halogens is 2. The van der Waals surface area contributed by atoms with Crippen LogP contribution in [-0.4, -0.2) is 27.5 Å². The average Bonchev–Trinajstić information content (AvgIpc) is 2.22. The van der Waals surface area contributed by atoms with Gasteiger partial charge < -0.3 is 16.8 Å². The van der Waals surface area contributed by atoms with E-state index >= 15 is 0 Å². The predicted molar refractivity (Wildman–Crippen MR) is 79.0 cm³/mol. The third kappa shape index (κ3) is 4.64. The maximum atomic E-state index is 12.0. The second-order valence-corrected chi connectivity index (χ2v) is 6.97. The third-order valence-corrected chi connectivity index (χ3v) is 4.95. The number of urea groups is 1. The molecule has 0 fully saturated rings. The van der Waals surface area contributed by atoms with Gasteiger partial charge in [0, 0.05) is 22.0 Å². The fourth-order valence-electron chi connectivity index (χ4n) is 1.31. The second kappa shape index (κ2) is 6.55. The molecule has 0 aliphatic rings. The average molecular weight is 416 g/mol. The summed E-state index contributed by atoms with van der Waals surface area (Å²) in [6.07, 6.45) is 0. The first-order chi connectivity index (χ1) is 8.74. The number of primary amides is 1. The first-order valence-electron chi connectivity index (χ1n) is 5.01. The minimum atomic E-state index is -3.77. The Morgan fingerprint density at radius 1 is 1.26 bits per heavy atom. The van der Waals surface area contributed by atoms with Gasteiger partial charge in [-0.2, -0.15) is 0 Å². The standard InChI is InChI=1S/C9H12Br2N4O3S/c10-5-3-6(11)8(7(12)4-5)19(17,18)15-2-1-14-9(13)16/h3-4,15H,1-2,12H2,(H3,13,14,16). The number of anilines is 1. The maximum absolute atomic E-state index is 12.0. The molecule has 19 heavy (non-hydrogen) atoms. The minimum absolute atomic E-state index is 0.00716. The van der Waals surface area contributed by atoms with E-state index in [4.69, 9.17) is 11.5 Å². The van der Waals surface area contributed by atoms with Crippen LogP contribution >= 0.6 is 31.9 Å². The van der Waals surface area contributed by atoms with Crippen LogP contribution in [0.15, 0.2) is 26.0 Å². The number of rotatable bonds is 5. The molecule has 0 bridgehead atoms. The van der Waals surface area contributed by atoms with E-state index in [1.807, 2.05) is 0 Å². The van der Waals surface area contributed by atoms with Crippen LogP contribution in [0.5, 0.6) is 0 Å². The Labute approximate surface area is 127 Å². The van der Waals surface area contributed by atoms with Crippen LogP contribution in [0.1, 0.15) is 0 Å². The smallest absolute Gasteiger partial charge is 0.312 e. The Morgan fingerprint density at radius 3 is 2.42 bits per heavy atom. The molecule has 1 aromatic carbocycles. The molecule has 0 atom stereocenters. The Hall–Kier alpha value is -0.840. The van der Waals surface area contributed by atoms with E-state index in [1.54, 1.807) is 6.07 Å². The zero-order chi connectivity index (χ0) is 14.6. The van der Waals surface area contributed by atoms with Crippen molar-refractivity contribution in [2.75, 3.05) is 18.8 Å². The van der Waals surface area contributed by atoms with E-state index in [-0.39, 0.29) is 23.7 Å². The van der Waals surface area contributed by atoms with E-state index in [9.17, 15) is 13.2 Å². The van der Waals surface area contributed by atoms with Gasteiger partial charge in [0.05, 0.1) is 5.69 Å². The number of hydrogen-bond donors (Lipinski definition) is 4. The lowest BCUT2D eigenvalue weighted by atomic mass is 10.3. The van der Waals surface area contributed by atoms with Crippen LogP contribution in [0.3, 0.4) is 0 Å². The van der Waals surface area contributed by atoms with Crippen LogP contribution < -0.4 is 21.5 Å². The monoisotopic (exact) mass is 414 g/mol. The molecule has 7 nitrogen and oxygen atoms in total. The molecule has 0 saturated heterocycles. The molecule has 1 rings (SSSR count). The number of carbonyl (C=O) groups excluding carboxylic acids is 1. The highest BCUT2D eigenvalue weighted by molar-refractivity contribution is 9.11. The highest BCUT2D eigenvalue weighted by atomic mass is 79.9. The molecule has 0 unspecified atom stereocenters. The number of nitrogen functional groups attached to an aromatic ring is 1. The zero-order valence-electron chi connectivity index (χ0n) is 9.61. The Bertz CT molecular complexity index is 568. The fraction of sp³-hybridized carbons (Fsp3) is 0.222. The summed E-state index contributed by atoms with van der Waals surface area (Å²) in [5.41, 5.74) is 10.7. The van der Waals surface area contributed by atoms with Crippen molar-refractivity contribution < 1.29 is 13.2 Å². The van der Waals surface area contributed by atoms with Gasteiger partial charge >= 0.3 is 6.03 Å². The molecule has 0 aliphatic carbocycles. The molecular weight excluding hydrogens is 404 g/mol. The second-order valence-electron chi connectivity index (χ2n) is 3.49. The lowest BCUT2D eigenvalue weighted by molar-refractivity contribution is 0.249. The van der Waals surface area contributed by atoms with Gasteiger partial charge in [-0.15, -0.1) is 0 Å². The van der Waals surface area contributed by atoms with Gasteiger partial charge in [-0.05, 0) is 28.1 Å². The summed E-state index contributed by atoms with van der Waals surface area (Å²) in [7, 11) is -3.77. The number of hydrogen-bond acceptors (Lipinski definition) is 4. The predicted octanol–water partition coefficient (Wildman–Crippen LogP) is 0.740. The van der Waals surface area contributed by atoms with Gasteiger partial charge in [-0.25, -0.2) is 17.9 Å². The van der Waals surface area contributed by atoms with Gasteiger partial charge in [0.1, 0.15) is 4.90 Å². The summed E-state index contributed by atoms with van der Waals surface area (Å²) in [5, 5.41) is 2.27. The molecule has 0 radical (unpaired) electrons. The molecule has 6 N–H and O–H groups in total. The Kier molecular flexibility index (Phi) is 5.59. The summed E-state index contributed by atoms with van der Waals surface area (Å²) in [6.45, 7) is 0.0931. The summed E-state index contributed by atoms with van der Waals surface area (Å²) >= 11 is 6.35. The fourth-order valence-corrected chi connectivity index (χ4v) is 4.40. The normalized spacial score (nSPS) is 11.3. The number of nitrogens with one attached hydrogen (secondary N) is 2. The largest absolute Gasteiger partial charge is 0.398 e. The molecule has 0 heterocycles. The van der Waals surface area contributed by atoms with Crippen LogP contribution in [0.4, 0.5) is 10.5 Å². The van der Waals surface area contributed by atoms with Crippen LogP contribution in [0.2, 0.25) is 0 Å². The lowest BCUT2D eigenvalue weighted by Gasteiger charge is -2.11. The molecule has 0 saturated carbocycles. The van der Waals surface area contributed by atoms with Crippen molar-refractivity contribution >= 4 is 53.6 Å². The molecule has 106 valence electrons. The van der Waals surface area contributed by atoms with Gasteiger partial charge in [-0.1, -0.05) is 15.9 Å². The quantitative estimate of drug-likeness (QED) is 0.417. The van der Waals surface area contributed by atoms with E-state index in [0.717, 1.165) is 0 Å². The highest BCUT2D eigenvalue weighted by Crippen LogP contribution is 2.31. The Morgan fingerprint density at radius 2 is 1.89 bits per heavy atom. The SMILES string of the molecule is NC(=O)NCCNS(=O)(=O)c1c(N)cc(Br)cc1Br. The molecule has 1 aromatic rings. The lowest BCUT2D eigenvalue weighted by Crippen LogP contribution is -2.37. The maximum Gasteiger partial charge on any atom is 0.312 e. The Balaban J connectivity index is 2.86. The van der Waals surface area contributed by atoms with Crippen molar-refractivity contribution in [3.63, 3.8) is 0 Å². The first kappa shape index (κ1) is 16.2. The van der Waals surface area contributed by atoms with E-state index in [2.05, 4.69) is 41.9 Å². The summed E-state index contributed by atoms with van der Waals surface area (Å²) in [6, 6.07) is 2.34. The molecular formula is C9H12Br2N4O3S. The van der Waals surface area contributed by atoms with Crippen LogP contribution in [0.25, 0.3) is 0 Å². The van der Waals surface area contributed by atoms with Gasteiger partial charge in [0.25, 0.3) is 0 Å². The summed E-state index contributed by atoms with van der Waals surface area (Å²) in [5.74, 6) is 0. The van der Waals surface area contributed by atoms with Crippen molar-refractivity contribution in [3.8, 4) is 0 Å². The van der Waals surface area contributed by atoms with Crippen molar-refractivity contribution in [1.82, 2.24) is 10.0 Å². The van der Waals surface area contributed by atoms with E-state index < -0.39 is 16.1 Å². The molecule has 0 aromatic heterocycles. The molecule has 0 spiro atoms. The summed E-state index contributed by atoms with van der Waals surface area (Å²) in [4.78, 5) is 10.4. The third-order valence-electron chi connectivity index (χ3n) is 2.02. The van der Waals surface area contributed by atoms with E-state index in [0.29, 0.717) is 8.95 Å². The van der Waals surface area contributed by atoms with Gasteiger partial charge in [0.2, 0.25) is 10.0 Å². The molecule has 10 heteroatoms. The topological polar surface area (TPSA) is 127 Å². The van der Waals surface area contributed by atoms with Crippen LogP contribution in [-0.2, 0) is 10.0 Å². The molecule has 0 aliphatic heterocycles. The minimum Gasteiger partial charge on any atom is -0.398 e. The zero-order valence-corrected chi connectivity index (χ0v) is 13.6. The summed E-state index contributed by atoms with van der Waals surface area (Å²) < 4.78 is 27.4. The van der Waals surface area contributed by atoms with Gasteiger partial charge in [0.15, 0.2) is 0 Å². The highest BCUT2D eigenvalue weighted by Gasteiger charge is 2.21. The number of sulfonamides is 1. The van der Waals surface area contributed by atoms with Crippen LogP contribution in [0, 0.1) is 0 Å². The van der Waals surface area contributed by atoms with Crippen molar-refractivity contribution in [1.29, 1.82) is 0 Å². The van der Waals surface area contributed by atoms with Crippen molar-refractivity contribution in [2.24, 2.45) is 5.73 Å². The number of benzene rings is 1.